The third-order valence-corrected chi connectivity index (χ3v) is 4.99. The fourth-order valence-electron chi connectivity index (χ4n) is 3.39. The molecule has 1 aromatic heterocycles. The van der Waals surface area contributed by atoms with Gasteiger partial charge in [0.2, 0.25) is 5.91 Å². The van der Waals surface area contributed by atoms with E-state index < -0.39 is 6.36 Å². The third-order valence-electron chi connectivity index (χ3n) is 4.99. The summed E-state index contributed by atoms with van der Waals surface area (Å²) in [6.45, 7) is 4.90. The fourth-order valence-corrected chi connectivity index (χ4v) is 3.39. The van der Waals surface area contributed by atoms with Crippen LogP contribution in [0, 0.1) is 0 Å². The number of halogens is 3. The molecule has 6 nitrogen and oxygen atoms in total. The van der Waals surface area contributed by atoms with E-state index in [4.69, 9.17) is 4.74 Å². The average molecular weight is 449 g/mol. The zero-order valence-corrected chi connectivity index (χ0v) is 17.6. The van der Waals surface area contributed by atoms with Crippen LogP contribution in [0.4, 0.5) is 13.2 Å². The highest BCUT2D eigenvalue weighted by molar-refractivity contribution is 5.92. The minimum atomic E-state index is -4.80. The SMILES string of the molecule is O=C(/C=C/c1ccccc1OC(F)(F)F)N(CCCN1CCOCC1)Cc1ccncc1. The maximum atomic E-state index is 12.9. The van der Waals surface area contributed by atoms with Crippen molar-refractivity contribution in [2.24, 2.45) is 0 Å². The van der Waals surface area contributed by atoms with Gasteiger partial charge in [-0.25, -0.2) is 0 Å². The molecule has 1 fully saturated rings. The summed E-state index contributed by atoms with van der Waals surface area (Å²) in [6, 6.07) is 9.38. The van der Waals surface area contributed by atoms with Crippen LogP contribution in [0.5, 0.6) is 5.75 Å². The van der Waals surface area contributed by atoms with Crippen LogP contribution in [0.3, 0.4) is 0 Å². The summed E-state index contributed by atoms with van der Waals surface area (Å²) in [6.07, 6.45) is 1.93. The van der Waals surface area contributed by atoms with Crippen molar-refractivity contribution in [1.29, 1.82) is 0 Å². The maximum Gasteiger partial charge on any atom is 0.573 e. The Labute approximate surface area is 185 Å². The Bertz CT molecular complexity index is 885. The van der Waals surface area contributed by atoms with E-state index in [1.807, 2.05) is 12.1 Å². The Morgan fingerprint density at radius 3 is 2.59 bits per heavy atom. The van der Waals surface area contributed by atoms with Crippen molar-refractivity contribution in [1.82, 2.24) is 14.8 Å². The third kappa shape index (κ3) is 7.97. The van der Waals surface area contributed by atoms with Crippen LogP contribution in [-0.4, -0.2) is 66.4 Å². The Morgan fingerprint density at radius 1 is 1.16 bits per heavy atom. The molecule has 1 amide bonds. The number of ether oxygens (including phenoxy) is 2. The van der Waals surface area contributed by atoms with Gasteiger partial charge in [-0.05, 0) is 36.3 Å². The van der Waals surface area contributed by atoms with Crippen molar-refractivity contribution in [3.63, 3.8) is 0 Å². The molecule has 0 spiro atoms. The molecule has 32 heavy (non-hydrogen) atoms. The predicted molar refractivity (Wildman–Crippen MR) is 114 cm³/mol. The van der Waals surface area contributed by atoms with Crippen molar-refractivity contribution < 1.29 is 27.4 Å². The molecule has 1 aliphatic heterocycles. The lowest BCUT2D eigenvalue weighted by Crippen LogP contribution is -2.38. The highest BCUT2D eigenvalue weighted by Crippen LogP contribution is 2.27. The van der Waals surface area contributed by atoms with Crippen molar-refractivity contribution in [2.75, 3.05) is 39.4 Å². The first-order valence-corrected chi connectivity index (χ1v) is 10.4. The average Bonchev–Trinajstić information content (AvgIpc) is 2.78. The first-order valence-electron chi connectivity index (χ1n) is 10.4. The second-order valence-electron chi connectivity index (χ2n) is 7.34. The zero-order chi connectivity index (χ0) is 22.8. The van der Waals surface area contributed by atoms with E-state index in [2.05, 4.69) is 14.6 Å². The zero-order valence-electron chi connectivity index (χ0n) is 17.6. The molecule has 172 valence electrons. The van der Waals surface area contributed by atoms with Crippen LogP contribution < -0.4 is 4.74 Å². The quantitative estimate of drug-likeness (QED) is 0.546. The number of nitrogens with zero attached hydrogens (tertiary/aromatic N) is 3. The van der Waals surface area contributed by atoms with Crippen molar-refractivity contribution in [2.45, 2.75) is 19.3 Å². The minimum Gasteiger partial charge on any atom is -0.405 e. The molecule has 0 atom stereocenters. The summed E-state index contributed by atoms with van der Waals surface area (Å²) in [5.41, 5.74) is 1.10. The topological polar surface area (TPSA) is 54.9 Å². The Balaban J connectivity index is 1.67. The number of pyridine rings is 1. The lowest BCUT2D eigenvalue weighted by atomic mass is 10.1. The van der Waals surface area contributed by atoms with Gasteiger partial charge in [0.05, 0.1) is 13.2 Å². The molecule has 2 aromatic rings. The number of benzene rings is 1. The summed E-state index contributed by atoms with van der Waals surface area (Å²) < 4.78 is 47.3. The van der Waals surface area contributed by atoms with E-state index in [0.29, 0.717) is 26.3 Å². The van der Waals surface area contributed by atoms with Gasteiger partial charge < -0.3 is 14.4 Å². The van der Waals surface area contributed by atoms with Crippen LogP contribution in [0.1, 0.15) is 17.5 Å². The number of amides is 1. The molecule has 1 saturated heterocycles. The van der Waals surface area contributed by atoms with E-state index >= 15 is 0 Å². The predicted octanol–water partition coefficient (Wildman–Crippen LogP) is 3.74. The molecule has 0 unspecified atom stereocenters. The number of rotatable bonds is 9. The molecule has 2 heterocycles. The molecular weight excluding hydrogens is 423 g/mol. The first kappa shape index (κ1) is 23.7. The molecule has 1 aliphatic rings. The molecule has 9 heteroatoms. The van der Waals surface area contributed by atoms with Gasteiger partial charge in [0, 0.05) is 56.8 Å². The first-order chi connectivity index (χ1) is 15.4. The molecule has 3 rings (SSSR count). The number of hydrogen-bond acceptors (Lipinski definition) is 5. The number of morpholine rings is 1. The van der Waals surface area contributed by atoms with Crippen LogP contribution in [0.25, 0.3) is 6.08 Å². The summed E-state index contributed by atoms with van der Waals surface area (Å²) in [5.74, 6) is -0.636. The highest BCUT2D eigenvalue weighted by Gasteiger charge is 2.31. The van der Waals surface area contributed by atoms with Gasteiger partial charge in [0.15, 0.2) is 0 Å². The number of hydrogen-bond donors (Lipinski definition) is 0. The molecule has 0 radical (unpaired) electrons. The monoisotopic (exact) mass is 449 g/mol. The fraction of sp³-hybridized carbons (Fsp3) is 0.391. The van der Waals surface area contributed by atoms with E-state index in [1.54, 1.807) is 23.4 Å². The van der Waals surface area contributed by atoms with Crippen LogP contribution >= 0.6 is 0 Å². The lowest BCUT2D eigenvalue weighted by Gasteiger charge is -2.28. The van der Waals surface area contributed by atoms with Gasteiger partial charge >= 0.3 is 6.36 Å². The van der Waals surface area contributed by atoms with Crippen LogP contribution in [-0.2, 0) is 16.1 Å². The Morgan fingerprint density at radius 2 is 1.88 bits per heavy atom. The van der Waals surface area contributed by atoms with Crippen molar-refractivity contribution in [3.05, 3.63) is 66.0 Å². The van der Waals surface area contributed by atoms with Gasteiger partial charge in [0.25, 0.3) is 0 Å². The molecule has 0 N–H and O–H groups in total. The van der Waals surface area contributed by atoms with Crippen molar-refractivity contribution >= 4 is 12.0 Å². The normalized spacial score (nSPS) is 15.1. The van der Waals surface area contributed by atoms with E-state index in [1.165, 1.54) is 30.4 Å². The van der Waals surface area contributed by atoms with Gasteiger partial charge in [-0.3, -0.25) is 14.7 Å². The summed E-state index contributed by atoms with van der Waals surface area (Å²) in [7, 11) is 0. The molecule has 0 aliphatic carbocycles. The van der Waals surface area contributed by atoms with Crippen LogP contribution in [0.2, 0.25) is 0 Å². The number of carbonyl (C=O) groups is 1. The van der Waals surface area contributed by atoms with Crippen molar-refractivity contribution in [3.8, 4) is 5.75 Å². The molecule has 1 aromatic carbocycles. The van der Waals surface area contributed by atoms with Gasteiger partial charge in [-0.1, -0.05) is 18.2 Å². The number of carbonyl (C=O) groups excluding carboxylic acids is 1. The second-order valence-corrected chi connectivity index (χ2v) is 7.34. The molecular formula is C23H26F3N3O3. The summed E-state index contributed by atoms with van der Waals surface area (Å²) >= 11 is 0. The maximum absolute atomic E-state index is 12.9. The smallest absolute Gasteiger partial charge is 0.405 e. The van der Waals surface area contributed by atoms with Gasteiger partial charge in [-0.2, -0.15) is 0 Å². The van der Waals surface area contributed by atoms with E-state index in [9.17, 15) is 18.0 Å². The number of aromatic nitrogens is 1. The minimum absolute atomic E-state index is 0.176. The lowest BCUT2D eigenvalue weighted by molar-refractivity contribution is -0.274. The van der Waals surface area contributed by atoms with E-state index in [-0.39, 0.29) is 17.2 Å². The van der Waals surface area contributed by atoms with Gasteiger partial charge in [0.1, 0.15) is 5.75 Å². The second kappa shape index (κ2) is 11.6. The highest BCUT2D eigenvalue weighted by atomic mass is 19.4. The number of alkyl halides is 3. The Kier molecular flexibility index (Phi) is 8.64. The number of para-hydroxylation sites is 1. The van der Waals surface area contributed by atoms with Crippen LogP contribution in [0.15, 0.2) is 54.9 Å². The standard InChI is InChI=1S/C23H26F3N3O3/c24-23(25,26)32-21-5-2-1-4-20(21)6-7-22(30)29(18-19-8-10-27-11-9-19)13-3-12-28-14-16-31-17-15-28/h1-2,4-11H,3,12-18H2/b7-6+. The summed E-state index contributed by atoms with van der Waals surface area (Å²) in [4.78, 5) is 20.9. The van der Waals surface area contributed by atoms with Gasteiger partial charge in [-0.15, -0.1) is 13.2 Å². The van der Waals surface area contributed by atoms with E-state index in [0.717, 1.165) is 31.6 Å². The Hall–Kier alpha value is -2.91. The molecule has 0 saturated carbocycles. The largest absolute Gasteiger partial charge is 0.573 e. The summed E-state index contributed by atoms with van der Waals surface area (Å²) in [5, 5.41) is 0. The molecule has 0 bridgehead atoms.